The molecule has 0 bridgehead atoms. The van der Waals surface area contributed by atoms with E-state index in [0.29, 0.717) is 5.69 Å². The smallest absolute Gasteiger partial charge is 0.274 e. The highest BCUT2D eigenvalue weighted by atomic mass is 79.9. The van der Waals surface area contributed by atoms with Gasteiger partial charge >= 0.3 is 0 Å². The molecule has 1 amide bonds. The predicted molar refractivity (Wildman–Crippen MR) is 68.7 cm³/mol. The Morgan fingerprint density at radius 3 is 3.06 bits per heavy atom. The first-order valence-corrected chi connectivity index (χ1v) is 7.20. The molecule has 88 valence electrons. The second-order valence-corrected chi connectivity index (χ2v) is 5.82. The molecular weight excluding hydrogens is 288 g/mol. The van der Waals surface area contributed by atoms with Gasteiger partial charge in [-0.15, -0.1) is 0 Å². The Balaban J connectivity index is 2.07. The zero-order chi connectivity index (χ0) is 11.5. The fraction of sp³-hybridized carbons (Fsp3) is 0.636. The van der Waals surface area contributed by atoms with Gasteiger partial charge in [0.05, 0.1) is 4.47 Å². The Morgan fingerprint density at radius 1 is 1.56 bits per heavy atom. The number of amides is 1. The van der Waals surface area contributed by atoms with E-state index in [1.807, 2.05) is 10.3 Å². The van der Waals surface area contributed by atoms with Gasteiger partial charge in [0.25, 0.3) is 5.91 Å². The van der Waals surface area contributed by atoms with Gasteiger partial charge in [-0.05, 0) is 52.6 Å². The molecule has 1 aliphatic heterocycles. The van der Waals surface area contributed by atoms with Crippen LogP contribution in [0.3, 0.4) is 0 Å². The average molecular weight is 303 g/mol. The highest BCUT2D eigenvalue weighted by molar-refractivity contribution is 9.10. The van der Waals surface area contributed by atoms with Crippen molar-refractivity contribution in [1.29, 1.82) is 0 Å². The van der Waals surface area contributed by atoms with Crippen LogP contribution in [0.2, 0.25) is 0 Å². The summed E-state index contributed by atoms with van der Waals surface area (Å²) in [6.07, 6.45) is 3.43. The Morgan fingerprint density at radius 2 is 2.38 bits per heavy atom. The largest absolute Gasteiger partial charge is 0.337 e. The summed E-state index contributed by atoms with van der Waals surface area (Å²) >= 11 is 4.69. The monoisotopic (exact) mass is 302 g/mol. The van der Waals surface area contributed by atoms with Crippen molar-refractivity contribution in [1.82, 2.24) is 9.27 Å². The van der Waals surface area contributed by atoms with Crippen LogP contribution in [0.15, 0.2) is 9.85 Å². The number of aromatic nitrogens is 1. The second kappa shape index (κ2) is 5.27. The number of halogens is 1. The molecule has 1 aromatic rings. The number of nitrogens with zero attached hydrogens (tertiary/aromatic N) is 2. The van der Waals surface area contributed by atoms with Gasteiger partial charge in [0.15, 0.2) is 5.69 Å². The molecule has 0 radical (unpaired) electrons. The molecule has 1 saturated heterocycles. The van der Waals surface area contributed by atoms with Crippen molar-refractivity contribution in [2.75, 3.05) is 13.1 Å². The Labute approximate surface area is 108 Å². The van der Waals surface area contributed by atoms with Crippen LogP contribution < -0.4 is 0 Å². The summed E-state index contributed by atoms with van der Waals surface area (Å²) in [5.74, 6) is 0.805. The summed E-state index contributed by atoms with van der Waals surface area (Å²) in [6, 6.07) is 0. The Bertz CT molecular complexity index is 380. The summed E-state index contributed by atoms with van der Waals surface area (Å²) < 4.78 is 4.96. The maximum atomic E-state index is 12.2. The van der Waals surface area contributed by atoms with E-state index in [9.17, 15) is 4.79 Å². The van der Waals surface area contributed by atoms with Crippen LogP contribution in [0.4, 0.5) is 0 Å². The zero-order valence-corrected chi connectivity index (χ0v) is 11.7. The lowest BCUT2D eigenvalue weighted by Crippen LogP contribution is -2.32. The first-order chi connectivity index (χ1) is 7.68. The van der Waals surface area contributed by atoms with E-state index in [-0.39, 0.29) is 5.91 Å². The topological polar surface area (TPSA) is 33.2 Å². The molecule has 1 aromatic heterocycles. The number of hydrogen-bond acceptors (Lipinski definition) is 3. The molecule has 0 spiro atoms. The second-order valence-electron chi connectivity index (χ2n) is 4.34. The van der Waals surface area contributed by atoms with Gasteiger partial charge in [-0.1, -0.05) is 6.92 Å². The van der Waals surface area contributed by atoms with Gasteiger partial charge in [0, 0.05) is 18.5 Å². The van der Waals surface area contributed by atoms with Crippen molar-refractivity contribution >= 4 is 33.4 Å². The highest BCUT2D eigenvalue weighted by Crippen LogP contribution is 2.22. The van der Waals surface area contributed by atoms with Gasteiger partial charge in [-0.3, -0.25) is 4.79 Å². The highest BCUT2D eigenvalue weighted by Gasteiger charge is 2.22. The average Bonchev–Trinajstić information content (AvgIpc) is 2.56. The molecule has 0 saturated carbocycles. The number of rotatable bonds is 1. The lowest BCUT2D eigenvalue weighted by Gasteiger charge is -2.19. The van der Waals surface area contributed by atoms with Gasteiger partial charge < -0.3 is 4.90 Å². The fourth-order valence-corrected chi connectivity index (χ4v) is 3.15. The molecule has 5 heteroatoms. The predicted octanol–water partition coefficient (Wildman–Crippen LogP) is 3.17. The first-order valence-electron chi connectivity index (χ1n) is 5.57. The molecular formula is C11H15BrN2OS. The third kappa shape index (κ3) is 2.63. The van der Waals surface area contributed by atoms with E-state index in [1.54, 1.807) is 0 Å². The summed E-state index contributed by atoms with van der Waals surface area (Å²) in [6.45, 7) is 3.99. The molecule has 0 aromatic carbocycles. The zero-order valence-electron chi connectivity index (χ0n) is 9.28. The van der Waals surface area contributed by atoms with Crippen molar-refractivity contribution in [2.45, 2.75) is 26.2 Å². The molecule has 1 atom stereocenters. The van der Waals surface area contributed by atoms with Crippen molar-refractivity contribution in [3.8, 4) is 0 Å². The van der Waals surface area contributed by atoms with E-state index in [1.165, 1.54) is 18.0 Å². The summed E-state index contributed by atoms with van der Waals surface area (Å²) in [5.41, 5.74) is 0.569. The van der Waals surface area contributed by atoms with Crippen LogP contribution in [-0.4, -0.2) is 28.3 Å². The summed E-state index contributed by atoms with van der Waals surface area (Å²) in [5, 5.41) is 1.85. The van der Waals surface area contributed by atoms with Crippen LogP contribution in [0.1, 0.15) is 36.7 Å². The van der Waals surface area contributed by atoms with E-state index >= 15 is 0 Å². The molecule has 2 rings (SSSR count). The number of likely N-dealkylation sites (tertiary alicyclic amines) is 1. The minimum Gasteiger partial charge on any atom is -0.337 e. The van der Waals surface area contributed by atoms with Crippen molar-refractivity contribution < 1.29 is 4.79 Å². The van der Waals surface area contributed by atoms with Gasteiger partial charge in [-0.25, -0.2) is 0 Å². The lowest BCUT2D eigenvalue weighted by molar-refractivity contribution is 0.0755. The van der Waals surface area contributed by atoms with Gasteiger partial charge in [-0.2, -0.15) is 4.37 Å². The minimum absolute atomic E-state index is 0.0715. The van der Waals surface area contributed by atoms with Crippen LogP contribution in [-0.2, 0) is 0 Å². The van der Waals surface area contributed by atoms with Crippen molar-refractivity contribution in [3.05, 3.63) is 15.5 Å². The minimum atomic E-state index is 0.0715. The summed E-state index contributed by atoms with van der Waals surface area (Å²) in [4.78, 5) is 14.1. The SMILES string of the molecule is C[C@H]1CCCN(C(=O)c2nscc2Br)CC1. The maximum absolute atomic E-state index is 12.2. The number of carbonyl (C=O) groups excluding carboxylic acids is 1. The molecule has 1 fully saturated rings. The molecule has 0 N–H and O–H groups in total. The van der Waals surface area contributed by atoms with Crippen LogP contribution in [0.5, 0.6) is 0 Å². The van der Waals surface area contributed by atoms with E-state index in [2.05, 4.69) is 27.2 Å². The molecule has 2 heterocycles. The lowest BCUT2D eigenvalue weighted by atomic mass is 10.0. The normalized spacial score (nSPS) is 21.9. The molecule has 3 nitrogen and oxygen atoms in total. The standard InChI is InChI=1S/C11H15BrN2OS/c1-8-3-2-5-14(6-4-8)11(15)10-9(12)7-16-13-10/h7-8H,2-6H2,1H3/t8-/m0/s1. The van der Waals surface area contributed by atoms with Gasteiger partial charge in [0.2, 0.25) is 0 Å². The van der Waals surface area contributed by atoms with Crippen LogP contribution in [0, 0.1) is 5.92 Å². The van der Waals surface area contributed by atoms with Crippen molar-refractivity contribution in [3.63, 3.8) is 0 Å². The molecule has 0 aliphatic carbocycles. The molecule has 1 aliphatic rings. The number of carbonyl (C=O) groups is 1. The quantitative estimate of drug-likeness (QED) is 0.798. The third-order valence-electron chi connectivity index (χ3n) is 3.03. The summed E-state index contributed by atoms with van der Waals surface area (Å²) in [7, 11) is 0. The van der Waals surface area contributed by atoms with E-state index in [4.69, 9.17) is 0 Å². The Kier molecular flexibility index (Phi) is 3.97. The Hall–Kier alpha value is -0.420. The van der Waals surface area contributed by atoms with E-state index < -0.39 is 0 Å². The molecule has 16 heavy (non-hydrogen) atoms. The van der Waals surface area contributed by atoms with Crippen LogP contribution in [0.25, 0.3) is 0 Å². The number of hydrogen-bond donors (Lipinski definition) is 0. The first kappa shape index (κ1) is 12.0. The third-order valence-corrected chi connectivity index (χ3v) is 4.57. The van der Waals surface area contributed by atoms with E-state index in [0.717, 1.165) is 36.3 Å². The van der Waals surface area contributed by atoms with Gasteiger partial charge in [0.1, 0.15) is 0 Å². The molecule has 0 unspecified atom stereocenters. The maximum Gasteiger partial charge on any atom is 0.274 e. The van der Waals surface area contributed by atoms with Crippen LogP contribution >= 0.6 is 27.5 Å². The fourth-order valence-electron chi connectivity index (χ4n) is 1.98. The van der Waals surface area contributed by atoms with Crippen molar-refractivity contribution in [2.24, 2.45) is 5.92 Å².